The SMILES string of the molecule is CC(OCn1c2c(c3c(C(=O)OC(C)(C)C)c(Br)ccc31)C1CCC(C2)N1)[Si](C)(C)C. The summed E-state index contributed by atoms with van der Waals surface area (Å²) in [6.07, 6.45) is 3.24. The van der Waals surface area contributed by atoms with Gasteiger partial charge in [-0.05, 0) is 74.2 Å². The molecule has 2 aromatic rings. The van der Waals surface area contributed by atoms with Crippen LogP contribution >= 0.6 is 15.9 Å². The number of carbonyl (C=O) groups excluding carboxylic acids is 1. The molecule has 7 heteroatoms. The zero-order valence-electron chi connectivity index (χ0n) is 19.8. The van der Waals surface area contributed by atoms with E-state index in [0.29, 0.717) is 18.3 Å². The van der Waals surface area contributed by atoms with Gasteiger partial charge in [0.25, 0.3) is 0 Å². The van der Waals surface area contributed by atoms with Crippen molar-refractivity contribution < 1.29 is 14.3 Å². The van der Waals surface area contributed by atoms with Crippen molar-refractivity contribution in [2.45, 2.75) is 96.7 Å². The van der Waals surface area contributed by atoms with E-state index >= 15 is 0 Å². The van der Waals surface area contributed by atoms with Crippen LogP contribution in [0.15, 0.2) is 16.6 Å². The van der Waals surface area contributed by atoms with Crippen LogP contribution in [-0.4, -0.2) is 36.0 Å². The summed E-state index contributed by atoms with van der Waals surface area (Å²) < 4.78 is 15.3. The molecule has 5 nitrogen and oxygen atoms in total. The second kappa shape index (κ2) is 8.01. The van der Waals surface area contributed by atoms with Crippen LogP contribution in [0.2, 0.25) is 19.6 Å². The van der Waals surface area contributed by atoms with Crippen LogP contribution in [0, 0.1) is 0 Å². The standard InChI is InChI=1S/C24H35BrN2O3Si/c1-14(31(5,6)7)29-13-27-18-11-9-16(25)20(23(28)30-24(2,3)4)22(18)21-17-10-8-15(26-17)12-19(21)27/h9,11,14-15,17,26H,8,10,12-13H2,1-7H3. The van der Waals surface area contributed by atoms with Gasteiger partial charge in [-0.3, -0.25) is 0 Å². The number of benzene rings is 1. The second-order valence-electron chi connectivity index (χ2n) is 11.1. The molecular weight excluding hydrogens is 472 g/mol. The lowest BCUT2D eigenvalue weighted by atomic mass is 9.96. The van der Waals surface area contributed by atoms with E-state index in [1.54, 1.807) is 0 Å². The maximum Gasteiger partial charge on any atom is 0.340 e. The largest absolute Gasteiger partial charge is 0.456 e. The van der Waals surface area contributed by atoms with E-state index in [9.17, 15) is 4.79 Å². The molecule has 3 unspecified atom stereocenters. The summed E-state index contributed by atoms with van der Waals surface area (Å²) >= 11 is 3.65. The van der Waals surface area contributed by atoms with Gasteiger partial charge in [0.15, 0.2) is 0 Å². The van der Waals surface area contributed by atoms with Crippen molar-refractivity contribution in [3.63, 3.8) is 0 Å². The molecule has 4 rings (SSSR count). The highest BCUT2D eigenvalue weighted by Crippen LogP contribution is 2.44. The first-order valence-corrected chi connectivity index (χ1v) is 15.7. The number of nitrogens with zero attached hydrogens (tertiary/aromatic N) is 1. The Balaban J connectivity index is 1.87. The summed E-state index contributed by atoms with van der Waals surface area (Å²) in [4.78, 5) is 13.3. The van der Waals surface area contributed by atoms with Crippen molar-refractivity contribution in [1.82, 2.24) is 9.88 Å². The average Bonchev–Trinajstić information content (AvgIpc) is 3.16. The molecule has 3 heterocycles. The van der Waals surface area contributed by atoms with Gasteiger partial charge in [-0.2, -0.15) is 0 Å². The van der Waals surface area contributed by atoms with E-state index in [1.165, 1.54) is 17.7 Å². The highest BCUT2D eigenvalue weighted by atomic mass is 79.9. The third-order valence-corrected chi connectivity index (χ3v) is 9.90. The van der Waals surface area contributed by atoms with Crippen LogP contribution in [0.25, 0.3) is 10.9 Å². The smallest absolute Gasteiger partial charge is 0.340 e. The van der Waals surface area contributed by atoms with Crippen molar-refractivity contribution in [2.75, 3.05) is 0 Å². The molecule has 1 N–H and O–H groups in total. The summed E-state index contributed by atoms with van der Waals surface area (Å²) in [5, 5.41) is 4.77. The zero-order chi connectivity index (χ0) is 22.7. The van der Waals surface area contributed by atoms with Crippen molar-refractivity contribution in [3.05, 3.63) is 33.4 Å². The third kappa shape index (κ3) is 4.39. The number of nitrogens with one attached hydrogen (secondary N) is 1. The Morgan fingerprint density at radius 2 is 2.00 bits per heavy atom. The van der Waals surface area contributed by atoms with Crippen molar-refractivity contribution >= 4 is 40.9 Å². The summed E-state index contributed by atoms with van der Waals surface area (Å²) in [7, 11) is -1.41. The van der Waals surface area contributed by atoms with Crippen LogP contribution in [0.5, 0.6) is 0 Å². The van der Waals surface area contributed by atoms with Gasteiger partial charge in [-0.15, -0.1) is 0 Å². The van der Waals surface area contributed by atoms with Crippen molar-refractivity contribution in [2.24, 2.45) is 0 Å². The van der Waals surface area contributed by atoms with Gasteiger partial charge in [0, 0.05) is 39.8 Å². The molecule has 170 valence electrons. The first kappa shape index (κ1) is 23.0. The van der Waals surface area contributed by atoms with Crippen molar-refractivity contribution in [3.8, 4) is 0 Å². The summed E-state index contributed by atoms with van der Waals surface area (Å²) in [6.45, 7) is 15.5. The molecule has 0 amide bonds. The van der Waals surface area contributed by atoms with Crippen LogP contribution in [-0.2, 0) is 22.6 Å². The Morgan fingerprint density at radius 1 is 1.29 bits per heavy atom. The number of halogens is 1. The first-order chi connectivity index (χ1) is 14.4. The number of aromatic nitrogens is 1. The normalized spacial score (nSPS) is 21.9. The highest BCUT2D eigenvalue weighted by Gasteiger charge is 2.39. The van der Waals surface area contributed by atoms with E-state index in [4.69, 9.17) is 9.47 Å². The molecule has 2 bridgehead atoms. The Bertz CT molecular complexity index is 1020. The predicted molar refractivity (Wildman–Crippen MR) is 131 cm³/mol. The molecule has 2 aliphatic rings. The van der Waals surface area contributed by atoms with Gasteiger partial charge in [-0.25, -0.2) is 4.79 Å². The van der Waals surface area contributed by atoms with Crippen LogP contribution < -0.4 is 5.32 Å². The molecule has 2 aliphatic heterocycles. The number of hydrogen-bond acceptors (Lipinski definition) is 4. The van der Waals surface area contributed by atoms with Gasteiger partial charge in [0.05, 0.1) is 19.2 Å². The Kier molecular flexibility index (Phi) is 5.95. The molecule has 1 saturated heterocycles. The molecule has 0 aliphatic carbocycles. The number of fused-ring (bicyclic) bond motifs is 6. The van der Waals surface area contributed by atoms with Gasteiger partial charge < -0.3 is 19.4 Å². The fourth-order valence-electron chi connectivity index (χ4n) is 4.65. The number of esters is 1. The fourth-order valence-corrected chi connectivity index (χ4v) is 5.71. The minimum absolute atomic E-state index is 0.250. The van der Waals surface area contributed by atoms with Crippen LogP contribution in [0.1, 0.15) is 68.2 Å². The fraction of sp³-hybridized carbons (Fsp3) is 0.625. The molecular formula is C24H35BrN2O3Si. The monoisotopic (exact) mass is 506 g/mol. The molecule has 3 atom stereocenters. The molecule has 1 aromatic carbocycles. The average molecular weight is 508 g/mol. The zero-order valence-corrected chi connectivity index (χ0v) is 22.4. The molecule has 31 heavy (non-hydrogen) atoms. The van der Waals surface area contributed by atoms with Crippen molar-refractivity contribution in [1.29, 1.82) is 0 Å². The lowest BCUT2D eigenvalue weighted by Gasteiger charge is -2.27. The summed E-state index contributed by atoms with van der Waals surface area (Å²) in [5.41, 5.74) is 3.97. The van der Waals surface area contributed by atoms with Gasteiger partial charge in [0.1, 0.15) is 12.3 Å². The minimum atomic E-state index is -1.41. The number of rotatable bonds is 5. The molecule has 1 fully saturated rings. The van der Waals surface area contributed by atoms with E-state index in [-0.39, 0.29) is 17.7 Å². The van der Waals surface area contributed by atoms with E-state index < -0.39 is 13.7 Å². The topological polar surface area (TPSA) is 52.5 Å². The summed E-state index contributed by atoms with van der Waals surface area (Å²) in [5.74, 6) is -0.276. The Hall–Kier alpha value is -1.15. The van der Waals surface area contributed by atoms with Crippen LogP contribution in [0.3, 0.4) is 0 Å². The lowest BCUT2D eigenvalue weighted by Crippen LogP contribution is -2.38. The quantitative estimate of drug-likeness (QED) is 0.402. The van der Waals surface area contributed by atoms with Crippen LogP contribution in [0.4, 0.5) is 0 Å². The maximum atomic E-state index is 13.3. The number of hydrogen-bond donors (Lipinski definition) is 1. The lowest BCUT2D eigenvalue weighted by molar-refractivity contribution is 0.00707. The Labute approximate surface area is 195 Å². The highest BCUT2D eigenvalue weighted by molar-refractivity contribution is 9.10. The molecule has 0 spiro atoms. The molecule has 0 radical (unpaired) electrons. The molecule has 0 saturated carbocycles. The van der Waals surface area contributed by atoms with E-state index in [1.807, 2.05) is 26.8 Å². The van der Waals surface area contributed by atoms with E-state index in [2.05, 4.69) is 58.4 Å². The van der Waals surface area contributed by atoms with E-state index in [0.717, 1.165) is 28.2 Å². The van der Waals surface area contributed by atoms with Gasteiger partial charge in [0.2, 0.25) is 0 Å². The third-order valence-electron chi connectivity index (χ3n) is 6.63. The predicted octanol–water partition coefficient (Wildman–Crippen LogP) is 5.95. The van der Waals surface area contributed by atoms with Gasteiger partial charge in [-0.1, -0.05) is 19.6 Å². The molecule has 1 aromatic heterocycles. The number of ether oxygens (including phenoxy) is 2. The second-order valence-corrected chi connectivity index (χ2v) is 17.5. The minimum Gasteiger partial charge on any atom is -0.456 e. The first-order valence-electron chi connectivity index (χ1n) is 11.3. The summed E-state index contributed by atoms with van der Waals surface area (Å²) in [6, 6.07) is 4.87. The Morgan fingerprint density at radius 3 is 2.65 bits per heavy atom. The van der Waals surface area contributed by atoms with Gasteiger partial charge >= 0.3 is 5.97 Å². The maximum absolute atomic E-state index is 13.3. The number of carbonyl (C=O) groups is 1.